The monoisotopic (exact) mass is 348 g/mol. The van der Waals surface area contributed by atoms with E-state index < -0.39 is 11.6 Å². The van der Waals surface area contributed by atoms with Crippen LogP contribution >= 0.6 is 11.8 Å². The first-order chi connectivity index (χ1) is 11.5. The maximum Gasteiger partial charge on any atom is 0.246 e. The molecule has 0 bridgehead atoms. The topological polar surface area (TPSA) is 32.3 Å². The van der Waals surface area contributed by atoms with Crippen LogP contribution in [0.5, 0.6) is 0 Å². The number of para-hydroxylation sites is 1. The van der Waals surface area contributed by atoms with Crippen molar-refractivity contribution in [1.82, 2.24) is 0 Å². The molecule has 0 aromatic heterocycles. The minimum absolute atomic E-state index is 0.0176. The van der Waals surface area contributed by atoms with Crippen molar-refractivity contribution in [3.05, 3.63) is 54.1 Å². The third-order valence-electron chi connectivity index (χ3n) is 3.85. The van der Waals surface area contributed by atoms with Crippen LogP contribution < -0.4 is 10.2 Å². The van der Waals surface area contributed by atoms with E-state index in [-0.39, 0.29) is 18.1 Å². The molecule has 0 radical (unpaired) electrons. The number of nitrogens with zero attached hydrogens (tertiary/aromatic N) is 1. The van der Waals surface area contributed by atoms with E-state index in [1.165, 1.54) is 12.1 Å². The van der Waals surface area contributed by atoms with Crippen LogP contribution in [0.1, 0.15) is 13.3 Å². The molecule has 1 N–H and O–H groups in total. The van der Waals surface area contributed by atoms with Gasteiger partial charge in [-0.15, -0.1) is 11.8 Å². The second-order valence-electron chi connectivity index (χ2n) is 5.74. The summed E-state index contributed by atoms with van der Waals surface area (Å²) in [4.78, 5) is 15.5. The largest absolute Gasteiger partial charge is 0.376 e. The zero-order chi connectivity index (χ0) is 17.1. The van der Waals surface area contributed by atoms with Gasteiger partial charge in [-0.25, -0.2) is 8.78 Å². The van der Waals surface area contributed by atoms with Crippen molar-refractivity contribution in [1.29, 1.82) is 0 Å². The molecule has 1 amide bonds. The van der Waals surface area contributed by atoms with Gasteiger partial charge in [0.1, 0.15) is 11.6 Å². The number of nitrogens with one attached hydrogen (secondary N) is 1. The first-order valence-electron chi connectivity index (χ1n) is 7.79. The Balaban J connectivity index is 1.75. The molecule has 0 saturated heterocycles. The quantitative estimate of drug-likeness (QED) is 0.898. The molecule has 0 saturated carbocycles. The minimum atomic E-state index is -0.671. The summed E-state index contributed by atoms with van der Waals surface area (Å²) >= 11 is 1.76. The number of halogens is 2. The Morgan fingerprint density at radius 1 is 1.25 bits per heavy atom. The van der Waals surface area contributed by atoms with Gasteiger partial charge in [0.25, 0.3) is 0 Å². The highest BCUT2D eigenvalue weighted by Crippen LogP contribution is 2.37. The number of anilines is 2. The molecule has 3 rings (SSSR count). The van der Waals surface area contributed by atoms with Crippen molar-refractivity contribution in [3.8, 4) is 0 Å². The lowest BCUT2D eigenvalue weighted by molar-refractivity contribution is -0.117. The van der Waals surface area contributed by atoms with Gasteiger partial charge in [-0.2, -0.15) is 0 Å². The Bertz CT molecular complexity index is 733. The van der Waals surface area contributed by atoms with Crippen molar-refractivity contribution in [2.45, 2.75) is 23.5 Å². The first-order valence-corrected chi connectivity index (χ1v) is 8.67. The zero-order valence-electron chi connectivity index (χ0n) is 13.3. The molecule has 1 aliphatic rings. The maximum atomic E-state index is 13.2. The third kappa shape index (κ3) is 3.87. The van der Waals surface area contributed by atoms with Crippen molar-refractivity contribution in [2.24, 2.45) is 0 Å². The smallest absolute Gasteiger partial charge is 0.246 e. The summed E-state index contributed by atoms with van der Waals surface area (Å²) in [6.07, 6.45) is 0.889. The molecule has 1 atom stereocenters. The van der Waals surface area contributed by atoms with E-state index >= 15 is 0 Å². The van der Waals surface area contributed by atoms with Crippen molar-refractivity contribution in [3.63, 3.8) is 0 Å². The average Bonchev–Trinajstić information content (AvgIpc) is 2.70. The fourth-order valence-corrected chi connectivity index (χ4v) is 3.79. The second-order valence-corrected chi connectivity index (χ2v) is 7.22. The molecule has 0 aliphatic carbocycles. The van der Waals surface area contributed by atoms with Crippen molar-refractivity contribution < 1.29 is 13.6 Å². The molecule has 0 spiro atoms. The summed E-state index contributed by atoms with van der Waals surface area (Å²) in [5, 5.41) is 3.23. The second kappa shape index (κ2) is 7.21. The fourth-order valence-electron chi connectivity index (χ4n) is 2.67. The Hall–Kier alpha value is -2.08. The van der Waals surface area contributed by atoms with E-state index in [4.69, 9.17) is 0 Å². The van der Waals surface area contributed by atoms with Gasteiger partial charge in [0.2, 0.25) is 5.91 Å². The Labute approximate surface area is 144 Å². The summed E-state index contributed by atoms with van der Waals surface area (Å²) in [7, 11) is 0. The van der Waals surface area contributed by atoms with Gasteiger partial charge in [0.15, 0.2) is 0 Å². The summed E-state index contributed by atoms with van der Waals surface area (Å²) in [6, 6.07) is 11.0. The van der Waals surface area contributed by atoms with Crippen LogP contribution in [0.2, 0.25) is 0 Å². The summed E-state index contributed by atoms with van der Waals surface area (Å²) in [6.45, 7) is 2.75. The number of hydrogen-bond donors (Lipinski definition) is 1. The predicted octanol–water partition coefficient (Wildman–Crippen LogP) is 4.29. The van der Waals surface area contributed by atoms with Gasteiger partial charge < -0.3 is 10.2 Å². The highest BCUT2D eigenvalue weighted by Gasteiger charge is 2.23. The molecule has 3 nitrogen and oxygen atoms in total. The highest BCUT2D eigenvalue weighted by atomic mass is 32.2. The van der Waals surface area contributed by atoms with Crippen molar-refractivity contribution >= 4 is 29.0 Å². The number of thioether (sulfide) groups is 1. The number of carbonyl (C=O) groups is 1. The summed E-state index contributed by atoms with van der Waals surface area (Å²) in [5.41, 5.74) is 1.15. The number of carbonyl (C=O) groups excluding carboxylic acids is 1. The van der Waals surface area contributed by atoms with Gasteiger partial charge in [-0.3, -0.25) is 4.79 Å². The van der Waals surface area contributed by atoms with Crippen LogP contribution in [0.25, 0.3) is 0 Å². The molecule has 6 heteroatoms. The summed E-state index contributed by atoms with van der Waals surface area (Å²) in [5.74, 6) is -1.47. The number of fused-ring (bicyclic) bond motifs is 1. The van der Waals surface area contributed by atoms with Gasteiger partial charge in [0.05, 0.1) is 12.2 Å². The van der Waals surface area contributed by atoms with Gasteiger partial charge in [-0.1, -0.05) is 19.1 Å². The lowest BCUT2D eigenvalue weighted by Crippen LogP contribution is -2.36. The molecule has 0 unspecified atom stereocenters. The van der Waals surface area contributed by atoms with Crippen LogP contribution in [0.15, 0.2) is 47.4 Å². The van der Waals surface area contributed by atoms with E-state index in [0.717, 1.165) is 23.1 Å². The Kier molecular flexibility index (Phi) is 5.04. The van der Waals surface area contributed by atoms with Gasteiger partial charge in [0, 0.05) is 28.4 Å². The van der Waals surface area contributed by atoms with Crippen LogP contribution in [0.3, 0.4) is 0 Å². The Morgan fingerprint density at radius 2 is 1.96 bits per heavy atom. The zero-order valence-corrected chi connectivity index (χ0v) is 14.1. The SMILES string of the molecule is C[C@H]1CCN(C(=O)CNc2cc(F)cc(F)c2)c2ccccc2S1. The molecule has 126 valence electrons. The van der Waals surface area contributed by atoms with Gasteiger partial charge in [-0.05, 0) is 30.7 Å². The number of benzene rings is 2. The molecule has 24 heavy (non-hydrogen) atoms. The predicted molar refractivity (Wildman–Crippen MR) is 93.6 cm³/mol. The maximum absolute atomic E-state index is 13.2. The number of amides is 1. The summed E-state index contributed by atoms with van der Waals surface area (Å²) < 4.78 is 26.4. The van der Waals surface area contributed by atoms with E-state index in [1.807, 2.05) is 24.3 Å². The van der Waals surface area contributed by atoms with Crippen molar-refractivity contribution in [2.75, 3.05) is 23.3 Å². The van der Waals surface area contributed by atoms with Crippen LogP contribution in [0, 0.1) is 11.6 Å². The minimum Gasteiger partial charge on any atom is -0.376 e. The van der Waals surface area contributed by atoms with E-state index in [2.05, 4.69) is 12.2 Å². The molecule has 1 heterocycles. The highest BCUT2D eigenvalue weighted by molar-refractivity contribution is 8.00. The van der Waals surface area contributed by atoms with E-state index in [0.29, 0.717) is 11.8 Å². The fraction of sp³-hybridized carbons (Fsp3) is 0.278. The van der Waals surface area contributed by atoms with Crippen LogP contribution in [-0.2, 0) is 4.79 Å². The Morgan fingerprint density at radius 3 is 2.71 bits per heavy atom. The lowest BCUT2D eigenvalue weighted by Gasteiger charge is -2.23. The molecular formula is C18H18F2N2OS. The molecule has 0 fully saturated rings. The van der Waals surface area contributed by atoms with Crippen LogP contribution in [0.4, 0.5) is 20.2 Å². The molecule has 2 aromatic rings. The number of hydrogen-bond acceptors (Lipinski definition) is 3. The van der Waals surface area contributed by atoms with Crippen LogP contribution in [-0.4, -0.2) is 24.2 Å². The molecule has 2 aromatic carbocycles. The normalized spacial score (nSPS) is 17.1. The lowest BCUT2D eigenvalue weighted by atomic mass is 10.2. The van der Waals surface area contributed by atoms with E-state index in [9.17, 15) is 13.6 Å². The van der Waals surface area contributed by atoms with Gasteiger partial charge >= 0.3 is 0 Å². The third-order valence-corrected chi connectivity index (χ3v) is 5.09. The number of rotatable bonds is 3. The average molecular weight is 348 g/mol. The molecular weight excluding hydrogens is 330 g/mol. The molecule has 1 aliphatic heterocycles. The van der Waals surface area contributed by atoms with E-state index in [1.54, 1.807) is 16.7 Å². The standard InChI is InChI=1S/C18H18F2N2OS/c1-12-6-7-22(16-4-2-3-5-17(16)24-12)18(23)11-21-15-9-13(19)8-14(20)10-15/h2-5,8-10,12,21H,6-7,11H2,1H3/t12-/m0/s1. The first kappa shape index (κ1) is 16.8.